The van der Waals surface area contributed by atoms with E-state index in [9.17, 15) is 0 Å². The van der Waals surface area contributed by atoms with Crippen molar-refractivity contribution in [2.45, 2.75) is 43.5 Å². The first kappa shape index (κ1) is 10.5. The number of aryl methyl sites for hydroxylation is 1. The minimum atomic E-state index is 0.546. The molecule has 1 aliphatic carbocycles. The molecule has 2 unspecified atom stereocenters. The summed E-state index contributed by atoms with van der Waals surface area (Å²) in [6, 6.07) is 0. The van der Waals surface area contributed by atoms with E-state index in [-0.39, 0.29) is 0 Å². The van der Waals surface area contributed by atoms with Gasteiger partial charge in [0.15, 0.2) is 0 Å². The molecule has 0 aliphatic heterocycles. The summed E-state index contributed by atoms with van der Waals surface area (Å²) in [7, 11) is 0. The number of halogens is 2. The second-order valence-corrected chi connectivity index (χ2v) is 5.33. The molecule has 0 N–H and O–H groups in total. The number of hydrogen-bond donors (Lipinski definition) is 0. The van der Waals surface area contributed by atoms with E-state index in [1.165, 1.54) is 25.0 Å². The second kappa shape index (κ2) is 4.23. The highest BCUT2D eigenvalue weighted by atomic mass is 79.9. The van der Waals surface area contributed by atoms with Crippen LogP contribution in [0.2, 0.25) is 5.02 Å². The van der Waals surface area contributed by atoms with Crippen LogP contribution in [0.5, 0.6) is 0 Å². The van der Waals surface area contributed by atoms with Crippen LogP contribution in [0.15, 0.2) is 6.20 Å². The van der Waals surface area contributed by atoms with Crippen molar-refractivity contribution in [1.29, 1.82) is 0 Å². The lowest BCUT2D eigenvalue weighted by Crippen LogP contribution is -2.12. The van der Waals surface area contributed by atoms with E-state index >= 15 is 0 Å². The molecule has 1 aromatic heterocycles. The van der Waals surface area contributed by atoms with E-state index in [4.69, 9.17) is 11.6 Å². The van der Waals surface area contributed by atoms with Gasteiger partial charge in [0.1, 0.15) is 0 Å². The van der Waals surface area contributed by atoms with Gasteiger partial charge in [-0.1, -0.05) is 34.0 Å². The molecule has 1 fully saturated rings. The largest absolute Gasteiger partial charge is 0.268 e. The molecule has 0 saturated heterocycles. The van der Waals surface area contributed by atoms with Crippen molar-refractivity contribution in [2.24, 2.45) is 0 Å². The lowest BCUT2D eigenvalue weighted by atomic mass is 10.0. The van der Waals surface area contributed by atoms with Crippen molar-refractivity contribution in [3.63, 3.8) is 0 Å². The first-order chi connectivity index (χ1) is 6.74. The van der Waals surface area contributed by atoms with Crippen LogP contribution >= 0.6 is 27.5 Å². The Labute approximate surface area is 97.8 Å². The van der Waals surface area contributed by atoms with Crippen molar-refractivity contribution in [3.8, 4) is 0 Å². The lowest BCUT2D eigenvalue weighted by molar-refractivity contribution is 0.575. The Morgan fingerprint density at radius 1 is 1.64 bits per heavy atom. The van der Waals surface area contributed by atoms with Gasteiger partial charge in [-0.25, -0.2) is 0 Å². The maximum atomic E-state index is 6.16. The highest BCUT2D eigenvalue weighted by Crippen LogP contribution is 2.41. The molecule has 0 aromatic carbocycles. The fourth-order valence-corrected chi connectivity index (χ4v) is 3.34. The second-order valence-electron chi connectivity index (χ2n) is 3.75. The van der Waals surface area contributed by atoms with E-state index in [1.807, 2.05) is 4.68 Å². The zero-order valence-electron chi connectivity index (χ0n) is 8.21. The van der Waals surface area contributed by atoms with Crippen LogP contribution in [0, 0.1) is 0 Å². The third-order valence-electron chi connectivity index (χ3n) is 2.92. The molecule has 0 radical (unpaired) electrons. The summed E-state index contributed by atoms with van der Waals surface area (Å²) in [5, 5.41) is 5.10. The average molecular weight is 278 g/mol. The van der Waals surface area contributed by atoms with Gasteiger partial charge >= 0.3 is 0 Å². The molecule has 4 heteroatoms. The van der Waals surface area contributed by atoms with Gasteiger partial charge in [-0.15, -0.1) is 0 Å². The fourth-order valence-electron chi connectivity index (χ4n) is 2.22. The summed E-state index contributed by atoms with van der Waals surface area (Å²) in [5.74, 6) is 0.546. The van der Waals surface area contributed by atoms with E-state index in [2.05, 4.69) is 28.0 Å². The molecule has 1 aliphatic rings. The van der Waals surface area contributed by atoms with Crippen LogP contribution in [0.3, 0.4) is 0 Å². The van der Waals surface area contributed by atoms with Crippen molar-refractivity contribution >= 4 is 27.5 Å². The maximum Gasteiger partial charge on any atom is 0.0821 e. The molecule has 78 valence electrons. The van der Waals surface area contributed by atoms with Gasteiger partial charge in [-0.05, 0) is 19.8 Å². The Morgan fingerprint density at radius 2 is 2.43 bits per heavy atom. The zero-order valence-corrected chi connectivity index (χ0v) is 10.6. The van der Waals surface area contributed by atoms with Crippen molar-refractivity contribution < 1.29 is 0 Å². The number of rotatable bonds is 2. The maximum absolute atomic E-state index is 6.16. The monoisotopic (exact) mass is 276 g/mol. The third kappa shape index (κ3) is 1.72. The van der Waals surface area contributed by atoms with Gasteiger partial charge in [0.05, 0.1) is 16.9 Å². The molecule has 0 bridgehead atoms. The Bertz CT molecular complexity index is 324. The van der Waals surface area contributed by atoms with Gasteiger partial charge < -0.3 is 0 Å². The van der Waals surface area contributed by atoms with E-state index in [1.54, 1.807) is 6.20 Å². The molecule has 2 rings (SSSR count). The number of nitrogens with zero attached hydrogens (tertiary/aromatic N) is 2. The summed E-state index contributed by atoms with van der Waals surface area (Å²) in [6.07, 6.45) is 5.52. The summed E-state index contributed by atoms with van der Waals surface area (Å²) in [6.45, 7) is 3.00. The highest BCUT2D eigenvalue weighted by Gasteiger charge is 2.30. The Balaban J connectivity index is 2.33. The minimum absolute atomic E-state index is 0.546. The van der Waals surface area contributed by atoms with Crippen LogP contribution in [0.4, 0.5) is 0 Å². The van der Waals surface area contributed by atoms with Gasteiger partial charge in [-0.2, -0.15) is 5.10 Å². The van der Waals surface area contributed by atoms with Crippen molar-refractivity contribution in [2.75, 3.05) is 0 Å². The van der Waals surface area contributed by atoms with Gasteiger partial charge in [0.25, 0.3) is 0 Å². The summed E-state index contributed by atoms with van der Waals surface area (Å²) >= 11 is 9.89. The summed E-state index contributed by atoms with van der Waals surface area (Å²) < 4.78 is 2.02. The molecule has 0 amide bonds. The number of aromatic nitrogens is 2. The molecule has 2 atom stereocenters. The SMILES string of the molecule is CCn1ncc(Cl)c1C1CCCC1Br. The van der Waals surface area contributed by atoms with Crippen molar-refractivity contribution in [1.82, 2.24) is 9.78 Å². The predicted octanol–water partition coefficient (Wildman–Crippen LogP) is 3.59. The molecular formula is C10H14BrClN2. The molecule has 14 heavy (non-hydrogen) atoms. The molecule has 1 aromatic rings. The van der Waals surface area contributed by atoms with Crippen LogP contribution in [0.1, 0.15) is 37.8 Å². The number of hydrogen-bond acceptors (Lipinski definition) is 1. The van der Waals surface area contributed by atoms with Crippen LogP contribution < -0.4 is 0 Å². The fraction of sp³-hybridized carbons (Fsp3) is 0.700. The normalized spacial score (nSPS) is 27.1. The van der Waals surface area contributed by atoms with E-state index in [0.717, 1.165) is 11.6 Å². The van der Waals surface area contributed by atoms with Gasteiger partial charge in [0, 0.05) is 17.3 Å². The molecule has 1 saturated carbocycles. The number of alkyl halides is 1. The molecule has 0 spiro atoms. The van der Waals surface area contributed by atoms with Crippen LogP contribution in [0.25, 0.3) is 0 Å². The van der Waals surface area contributed by atoms with Crippen LogP contribution in [-0.4, -0.2) is 14.6 Å². The van der Waals surface area contributed by atoms with Gasteiger partial charge in [-0.3, -0.25) is 4.68 Å². The van der Waals surface area contributed by atoms with E-state index in [0.29, 0.717) is 10.7 Å². The standard InChI is InChI=1S/C10H14BrClN2/c1-2-14-10(9(12)6-13-14)7-4-3-5-8(7)11/h6-8H,2-5H2,1H3. The zero-order chi connectivity index (χ0) is 10.1. The molecular weight excluding hydrogens is 263 g/mol. The molecule has 2 nitrogen and oxygen atoms in total. The van der Waals surface area contributed by atoms with Crippen molar-refractivity contribution in [3.05, 3.63) is 16.9 Å². The predicted molar refractivity (Wildman–Crippen MR) is 62.2 cm³/mol. The lowest BCUT2D eigenvalue weighted by Gasteiger charge is -2.16. The first-order valence-electron chi connectivity index (χ1n) is 5.09. The Hall–Kier alpha value is -0.0200. The Morgan fingerprint density at radius 3 is 3.00 bits per heavy atom. The highest BCUT2D eigenvalue weighted by molar-refractivity contribution is 9.09. The molecule has 1 heterocycles. The van der Waals surface area contributed by atoms with E-state index < -0.39 is 0 Å². The third-order valence-corrected chi connectivity index (χ3v) is 4.30. The Kier molecular flexibility index (Phi) is 3.17. The van der Waals surface area contributed by atoms with Crippen LogP contribution in [-0.2, 0) is 6.54 Å². The smallest absolute Gasteiger partial charge is 0.0821 e. The average Bonchev–Trinajstić information content (AvgIpc) is 2.72. The quantitative estimate of drug-likeness (QED) is 0.756. The van der Waals surface area contributed by atoms with Gasteiger partial charge in [0.2, 0.25) is 0 Å². The summed E-state index contributed by atoms with van der Waals surface area (Å²) in [5.41, 5.74) is 1.22. The summed E-state index contributed by atoms with van der Waals surface area (Å²) in [4.78, 5) is 0.571. The topological polar surface area (TPSA) is 17.8 Å². The first-order valence-corrected chi connectivity index (χ1v) is 6.38. The minimum Gasteiger partial charge on any atom is -0.268 e.